The maximum absolute atomic E-state index is 14.1. The Hall–Kier alpha value is -8.06. The van der Waals surface area contributed by atoms with Crippen LogP contribution >= 0.6 is 0 Å². The van der Waals surface area contributed by atoms with Crippen molar-refractivity contribution in [3.05, 3.63) is 77.9 Å². The van der Waals surface area contributed by atoms with Crippen molar-refractivity contribution < 1.29 is 76.5 Å². The van der Waals surface area contributed by atoms with E-state index in [9.17, 15) is 57.5 Å². The summed E-state index contributed by atoms with van der Waals surface area (Å²) in [5.41, 5.74) is 6.51. The summed E-state index contributed by atoms with van der Waals surface area (Å²) >= 11 is 0. The van der Waals surface area contributed by atoms with E-state index in [0.717, 1.165) is 36.1 Å². The van der Waals surface area contributed by atoms with Gasteiger partial charge in [0.05, 0.1) is 42.3 Å². The Kier molecular flexibility index (Phi) is 37.1. The summed E-state index contributed by atoms with van der Waals surface area (Å²) in [6.07, 6.45) is 6.80. The number of hydrogen-bond donors (Lipinski definition) is 5. The molecule has 2 aromatic carbocycles. The van der Waals surface area contributed by atoms with Crippen LogP contribution in [0.1, 0.15) is 185 Å². The second-order valence-electron chi connectivity index (χ2n) is 28.8. The van der Waals surface area contributed by atoms with Gasteiger partial charge in [-0.1, -0.05) is 125 Å². The molecule has 2 aromatic rings. The average molecular weight is 1410 g/mol. The van der Waals surface area contributed by atoms with Gasteiger partial charge in [-0.05, 0) is 113 Å². The first-order valence-corrected chi connectivity index (χ1v) is 35.9. The Bertz CT molecular complexity index is 3060. The number of imide groups is 1. The number of esters is 1. The van der Waals surface area contributed by atoms with Crippen molar-refractivity contribution in [2.45, 2.75) is 235 Å². The summed E-state index contributed by atoms with van der Waals surface area (Å²) in [7, 11) is 6.51. The van der Waals surface area contributed by atoms with Gasteiger partial charge in [-0.3, -0.25) is 48.1 Å². The number of urea groups is 1. The Labute approximate surface area is 599 Å². The zero-order chi connectivity index (χ0) is 76.0. The van der Waals surface area contributed by atoms with Crippen LogP contribution in [0.4, 0.5) is 15.3 Å². The van der Waals surface area contributed by atoms with E-state index in [2.05, 4.69) is 35.1 Å². The highest BCUT2D eigenvalue weighted by atomic mass is 16.6. The molecule has 4 rings (SSSR count). The fraction of sp³-hybridized carbons (Fsp3) is 0.658. The Morgan fingerprint density at radius 1 is 0.713 bits per heavy atom. The van der Waals surface area contributed by atoms with Gasteiger partial charge in [0.25, 0.3) is 11.8 Å². The zero-order valence-electron chi connectivity index (χ0n) is 63.4. The van der Waals surface area contributed by atoms with Crippen LogP contribution in [0.5, 0.6) is 0 Å². The van der Waals surface area contributed by atoms with E-state index < -0.39 is 71.6 Å². The van der Waals surface area contributed by atoms with E-state index in [-0.39, 0.29) is 134 Å². The number of ether oxygens (including phenoxy) is 4. The fourth-order valence-corrected chi connectivity index (χ4v) is 13.1. The third-order valence-corrected chi connectivity index (χ3v) is 18.8. The highest BCUT2D eigenvalue weighted by Crippen LogP contribution is 2.30. The average Bonchev–Trinajstić information content (AvgIpc) is 1.80. The molecule has 101 heavy (non-hydrogen) atoms. The van der Waals surface area contributed by atoms with Crippen LogP contribution in [0.15, 0.2) is 66.7 Å². The topological polar surface area (TPSA) is 329 Å². The molecule has 0 unspecified atom stereocenters. The second kappa shape index (κ2) is 43.0. The van der Waals surface area contributed by atoms with E-state index in [1.807, 2.05) is 65.0 Å². The molecule has 0 aromatic heterocycles. The van der Waals surface area contributed by atoms with Crippen molar-refractivity contribution in [3.63, 3.8) is 0 Å². The normalized spacial score (nSPS) is 16.7. The number of Topliss-reactive ketones (excluding diaryl/α,β-unsaturated/α-hetero) is 2. The van der Waals surface area contributed by atoms with Crippen LogP contribution in [0.25, 0.3) is 0 Å². The van der Waals surface area contributed by atoms with Crippen LogP contribution in [0, 0.1) is 41.4 Å². The molecule has 25 nitrogen and oxygen atoms in total. The summed E-state index contributed by atoms with van der Waals surface area (Å²) in [6.45, 7) is 27.0. The van der Waals surface area contributed by atoms with Crippen LogP contribution in [0.3, 0.4) is 0 Å². The minimum atomic E-state index is -0.858. The predicted molar refractivity (Wildman–Crippen MR) is 386 cm³/mol. The third kappa shape index (κ3) is 28.4. The molecule has 2 aliphatic heterocycles. The molecule has 25 heteroatoms. The Morgan fingerprint density at radius 3 is 1.88 bits per heavy atom. The number of nitrogens with one attached hydrogen (secondary N) is 4. The molecule has 1 saturated heterocycles. The molecule has 6 N–H and O–H groups in total. The number of unbranched alkanes of at least 4 members (excludes halogenated alkanes) is 2. The largest absolute Gasteiger partial charge is 0.458 e. The maximum Gasteiger partial charge on any atom is 0.410 e. The van der Waals surface area contributed by atoms with E-state index in [1.165, 1.54) is 31.0 Å². The number of nitrogens with zero attached hydrogens (tertiary/aromatic N) is 4. The van der Waals surface area contributed by atoms with E-state index in [1.54, 1.807) is 96.9 Å². The van der Waals surface area contributed by atoms with Crippen molar-refractivity contribution in [1.29, 1.82) is 0 Å². The number of primary amides is 1. The minimum absolute atomic E-state index is 0.0205. The number of methoxy groups -OCH3 is 2. The highest BCUT2D eigenvalue weighted by molar-refractivity contribution is 6.12. The molecule has 0 radical (unpaired) electrons. The van der Waals surface area contributed by atoms with Gasteiger partial charge in [0.2, 0.25) is 29.5 Å². The number of likely N-dealkylation sites (tertiary alicyclic amines) is 1. The lowest BCUT2D eigenvalue weighted by Gasteiger charge is -2.40. The number of likely N-dealkylation sites (N-methyl/N-ethyl adjacent to an activating group) is 2. The van der Waals surface area contributed by atoms with Crippen molar-refractivity contribution in [1.82, 2.24) is 35.6 Å². The van der Waals surface area contributed by atoms with Gasteiger partial charge < -0.3 is 60.6 Å². The smallest absolute Gasteiger partial charge is 0.410 e. The first kappa shape index (κ1) is 87.2. The number of anilines is 1. The molecule has 0 aliphatic carbocycles. The second-order valence-corrected chi connectivity index (χ2v) is 28.8. The SMILES string of the molecule is CC[C@H](C)[C@@H]([C@@H](CC)OC)N(C)C(=O)[C@@H](CC(=O)[C@H](C(C)C)N(C)C(=O)OCc1ccc(NC(=O)[C@H](CCCNC(N)=O)CC(=O)[C@@H](NC(=O)CCCCCN2C(=O)C=CC2=O)C(C)C)cc1)C(C)C.CO[C@H]([C@@H](C)C(=O)N[C@@H](Cc1ccccc1)C(=O)OC(C)(C)C)[C@@H]1CCCN1C(C)=O. The molecule has 2 heterocycles. The molecule has 0 bridgehead atoms. The van der Waals surface area contributed by atoms with Crippen LogP contribution < -0.4 is 27.0 Å². The highest BCUT2D eigenvalue weighted by Gasteiger charge is 2.42. The lowest BCUT2D eigenvalue weighted by atomic mass is 9.83. The first-order chi connectivity index (χ1) is 47.5. The van der Waals surface area contributed by atoms with Gasteiger partial charge in [0, 0.05) is 110 Å². The van der Waals surface area contributed by atoms with Crippen molar-refractivity contribution in [2.24, 2.45) is 47.2 Å². The Morgan fingerprint density at radius 2 is 1.35 bits per heavy atom. The molecular formula is C76H119N9O16. The predicted octanol–water partition coefficient (Wildman–Crippen LogP) is 9.12. The lowest BCUT2D eigenvalue weighted by molar-refractivity contribution is -0.159. The quantitative estimate of drug-likeness (QED) is 0.0236. The summed E-state index contributed by atoms with van der Waals surface area (Å²) in [5.74, 6) is -5.48. The summed E-state index contributed by atoms with van der Waals surface area (Å²) in [6, 6.07) is 12.6. The minimum Gasteiger partial charge on any atom is -0.458 e. The van der Waals surface area contributed by atoms with Gasteiger partial charge in [-0.2, -0.15) is 0 Å². The van der Waals surface area contributed by atoms with Crippen LogP contribution in [-0.2, 0) is 79.9 Å². The van der Waals surface area contributed by atoms with Gasteiger partial charge in [-0.15, -0.1) is 0 Å². The summed E-state index contributed by atoms with van der Waals surface area (Å²) < 4.78 is 22.7. The van der Waals surface area contributed by atoms with Gasteiger partial charge >= 0.3 is 18.1 Å². The van der Waals surface area contributed by atoms with Crippen molar-refractivity contribution in [3.8, 4) is 0 Å². The molecular weight excluding hydrogens is 1290 g/mol. The third-order valence-electron chi connectivity index (χ3n) is 18.8. The van der Waals surface area contributed by atoms with E-state index >= 15 is 0 Å². The number of rotatable bonds is 40. The molecule has 2 aliphatic rings. The van der Waals surface area contributed by atoms with Gasteiger partial charge in [0.1, 0.15) is 18.2 Å². The van der Waals surface area contributed by atoms with Crippen molar-refractivity contribution in [2.75, 3.05) is 53.3 Å². The first-order valence-electron chi connectivity index (χ1n) is 35.9. The summed E-state index contributed by atoms with van der Waals surface area (Å²) in [5, 5.41) is 11.1. The summed E-state index contributed by atoms with van der Waals surface area (Å²) in [4.78, 5) is 161. The number of amides is 10. The molecule has 564 valence electrons. The standard InChI is InChI=1S/C52H83N7O11.C24H36N2O5/c1-13-35(9)48(42(14-2)69-12)57(10)50(66)39(32(3)4)30-41(61)47(34(7)8)58(11)52(68)70-31-36-21-23-38(24-22-36)55-49(65)37(19-18-27-54-51(53)67)29-40(60)46(33(5)6)56-43(62)20-16-15-17-28-59-44(63)25-26-45(59)64;1-16(21(30-6)20-13-10-14-26(20)17(2)27)22(28)25-19(23(29)31-24(3,4)5)15-18-11-8-7-9-12-18/h21-26,32-35,37,39,42,46-48H,13-20,27-31H2,1-12H3,(H,55,65)(H,56,62)(H3,53,54,67);7-9,11-12,16,19-21H,10,13-15H2,1-6H3,(H,25,28)/t35-,37+,39-,42+,46-,47-,48-;16-,19+,20+,21-/m01/s1. The van der Waals surface area contributed by atoms with Crippen LogP contribution in [0.2, 0.25) is 0 Å². The molecule has 1 fully saturated rings. The van der Waals surface area contributed by atoms with Crippen LogP contribution in [-0.4, -0.2) is 187 Å². The number of hydrogen-bond acceptors (Lipinski definition) is 16. The number of carbonyl (C=O) groups excluding carboxylic acids is 12. The molecule has 11 atom stereocenters. The van der Waals surface area contributed by atoms with E-state index in [0.29, 0.717) is 49.9 Å². The number of nitrogens with two attached hydrogens (primary N) is 1. The maximum atomic E-state index is 14.1. The fourth-order valence-electron chi connectivity index (χ4n) is 13.1. The Balaban J connectivity index is 0.000000707. The van der Waals surface area contributed by atoms with Crippen molar-refractivity contribution >= 4 is 76.7 Å². The van der Waals surface area contributed by atoms with E-state index in [4.69, 9.17) is 24.7 Å². The molecule has 0 saturated carbocycles. The number of ketones is 2. The lowest BCUT2D eigenvalue weighted by Crippen LogP contribution is -2.52. The zero-order valence-corrected chi connectivity index (χ0v) is 63.4. The van der Waals surface area contributed by atoms with Gasteiger partial charge in [-0.25, -0.2) is 14.4 Å². The molecule has 10 amide bonds. The monoisotopic (exact) mass is 1410 g/mol. The number of benzene rings is 2. The van der Waals surface area contributed by atoms with Gasteiger partial charge in [0.15, 0.2) is 11.6 Å². The molecule has 0 spiro atoms. The number of carbonyl (C=O) groups is 12.